The molecule has 0 radical (unpaired) electrons. The first-order valence-corrected chi connectivity index (χ1v) is 6.58. The third-order valence-corrected chi connectivity index (χ3v) is 3.74. The molecule has 98 valence electrons. The Morgan fingerprint density at radius 1 is 1.37 bits per heavy atom. The lowest BCUT2D eigenvalue weighted by Gasteiger charge is -2.10. The van der Waals surface area contributed by atoms with Gasteiger partial charge in [-0.1, -0.05) is 33.6 Å². The lowest BCUT2D eigenvalue weighted by atomic mass is 10.2. The molecule has 4 nitrogen and oxygen atoms in total. The van der Waals surface area contributed by atoms with Gasteiger partial charge in [0.05, 0.1) is 5.02 Å². The maximum atomic E-state index is 11.0. The normalized spacial score (nSPS) is 10.3. The van der Waals surface area contributed by atoms with Crippen molar-refractivity contribution in [3.63, 3.8) is 0 Å². The Morgan fingerprint density at radius 3 is 2.79 bits per heavy atom. The van der Waals surface area contributed by atoms with Crippen molar-refractivity contribution in [2.45, 2.75) is 6.92 Å². The summed E-state index contributed by atoms with van der Waals surface area (Å²) in [6.07, 6.45) is 0. The smallest absolute Gasteiger partial charge is 0.356 e. The Morgan fingerprint density at radius 2 is 2.11 bits per heavy atom. The minimum Gasteiger partial charge on any atom is -0.476 e. The van der Waals surface area contributed by atoms with E-state index in [0.717, 1.165) is 15.7 Å². The van der Waals surface area contributed by atoms with Gasteiger partial charge in [0, 0.05) is 10.2 Å². The van der Waals surface area contributed by atoms with Crippen LogP contribution in [0.15, 0.2) is 34.8 Å². The van der Waals surface area contributed by atoms with Gasteiger partial charge in [0.1, 0.15) is 5.82 Å². The van der Waals surface area contributed by atoms with Crippen LogP contribution in [0, 0.1) is 6.92 Å². The Kier molecular flexibility index (Phi) is 4.07. The molecule has 19 heavy (non-hydrogen) atoms. The molecule has 0 saturated carbocycles. The lowest BCUT2D eigenvalue weighted by Crippen LogP contribution is -2.04. The Bertz CT molecular complexity index is 647. The number of hydrogen-bond acceptors (Lipinski definition) is 3. The van der Waals surface area contributed by atoms with E-state index in [1.54, 1.807) is 6.07 Å². The number of pyridine rings is 1. The molecular formula is C13H10BrClN2O2. The first kappa shape index (κ1) is 13.8. The molecule has 0 bridgehead atoms. The van der Waals surface area contributed by atoms with Gasteiger partial charge in [0.25, 0.3) is 0 Å². The number of nitrogens with one attached hydrogen (secondary N) is 1. The van der Waals surface area contributed by atoms with E-state index in [0.29, 0.717) is 5.82 Å². The molecule has 1 aromatic heterocycles. The predicted molar refractivity (Wildman–Crippen MR) is 78.4 cm³/mol. The van der Waals surface area contributed by atoms with E-state index in [1.807, 2.05) is 25.1 Å². The van der Waals surface area contributed by atoms with Crippen molar-refractivity contribution in [1.82, 2.24) is 4.98 Å². The fourth-order valence-electron chi connectivity index (χ4n) is 1.54. The molecule has 2 N–H and O–H groups in total. The maximum absolute atomic E-state index is 11.0. The minimum absolute atomic E-state index is 0.115. The summed E-state index contributed by atoms with van der Waals surface area (Å²) in [6.45, 7) is 1.94. The first-order chi connectivity index (χ1) is 8.99. The van der Waals surface area contributed by atoms with E-state index in [4.69, 9.17) is 16.7 Å². The van der Waals surface area contributed by atoms with Crippen molar-refractivity contribution >= 4 is 45.0 Å². The van der Waals surface area contributed by atoms with Gasteiger partial charge in [0.15, 0.2) is 5.69 Å². The average Bonchev–Trinajstić information content (AvgIpc) is 2.37. The van der Waals surface area contributed by atoms with Crippen LogP contribution in [-0.4, -0.2) is 16.1 Å². The van der Waals surface area contributed by atoms with E-state index >= 15 is 0 Å². The molecule has 0 fully saturated rings. The second kappa shape index (κ2) is 5.59. The highest BCUT2D eigenvalue weighted by Crippen LogP contribution is 2.26. The van der Waals surface area contributed by atoms with Crippen molar-refractivity contribution in [2.75, 3.05) is 5.32 Å². The van der Waals surface area contributed by atoms with E-state index in [2.05, 4.69) is 26.2 Å². The Balaban J connectivity index is 2.36. The topological polar surface area (TPSA) is 62.2 Å². The summed E-state index contributed by atoms with van der Waals surface area (Å²) in [5, 5.41) is 12.2. The number of carboxylic acids is 1. The SMILES string of the molecule is Cc1c(Br)cccc1Nc1ccc(Cl)c(C(=O)O)n1. The number of carbonyl (C=O) groups is 1. The molecule has 2 rings (SSSR count). The van der Waals surface area contributed by atoms with Gasteiger partial charge in [-0.2, -0.15) is 0 Å². The molecule has 0 aliphatic rings. The number of benzene rings is 1. The maximum Gasteiger partial charge on any atom is 0.356 e. The van der Waals surface area contributed by atoms with Crippen LogP contribution in [0.2, 0.25) is 5.02 Å². The molecule has 0 amide bonds. The monoisotopic (exact) mass is 340 g/mol. The summed E-state index contributed by atoms with van der Waals surface area (Å²) in [4.78, 5) is 14.9. The molecule has 0 saturated heterocycles. The summed E-state index contributed by atoms with van der Waals surface area (Å²) in [6, 6.07) is 8.84. The van der Waals surface area contributed by atoms with Gasteiger partial charge in [-0.15, -0.1) is 0 Å². The second-order valence-corrected chi connectivity index (χ2v) is 5.13. The van der Waals surface area contributed by atoms with Crippen LogP contribution in [0.4, 0.5) is 11.5 Å². The Labute approximate surface area is 123 Å². The van der Waals surface area contributed by atoms with Crippen LogP contribution in [-0.2, 0) is 0 Å². The van der Waals surface area contributed by atoms with Crippen molar-refractivity contribution in [1.29, 1.82) is 0 Å². The zero-order valence-electron chi connectivity index (χ0n) is 9.95. The molecular weight excluding hydrogens is 332 g/mol. The molecule has 0 spiro atoms. The highest BCUT2D eigenvalue weighted by Gasteiger charge is 2.12. The zero-order valence-corrected chi connectivity index (χ0v) is 12.3. The van der Waals surface area contributed by atoms with Gasteiger partial charge in [-0.25, -0.2) is 9.78 Å². The van der Waals surface area contributed by atoms with Crippen LogP contribution in [0.3, 0.4) is 0 Å². The highest BCUT2D eigenvalue weighted by molar-refractivity contribution is 9.10. The van der Waals surface area contributed by atoms with Crippen LogP contribution >= 0.6 is 27.5 Å². The predicted octanol–water partition coefficient (Wildman–Crippen LogP) is 4.25. The number of aromatic nitrogens is 1. The van der Waals surface area contributed by atoms with Gasteiger partial charge in [-0.05, 0) is 36.8 Å². The third kappa shape index (κ3) is 3.05. The number of nitrogens with zero attached hydrogens (tertiary/aromatic N) is 1. The number of rotatable bonds is 3. The first-order valence-electron chi connectivity index (χ1n) is 5.41. The second-order valence-electron chi connectivity index (χ2n) is 3.87. The number of halogens is 2. The molecule has 0 atom stereocenters. The van der Waals surface area contributed by atoms with Gasteiger partial charge < -0.3 is 10.4 Å². The zero-order chi connectivity index (χ0) is 14.0. The van der Waals surface area contributed by atoms with Crippen molar-refractivity contribution in [3.05, 3.63) is 51.1 Å². The van der Waals surface area contributed by atoms with E-state index in [9.17, 15) is 4.79 Å². The van der Waals surface area contributed by atoms with Crippen LogP contribution in [0.25, 0.3) is 0 Å². The third-order valence-electron chi connectivity index (χ3n) is 2.58. The van der Waals surface area contributed by atoms with Crippen LogP contribution < -0.4 is 5.32 Å². The lowest BCUT2D eigenvalue weighted by molar-refractivity contribution is 0.0691. The van der Waals surface area contributed by atoms with Crippen LogP contribution in [0.1, 0.15) is 16.1 Å². The summed E-state index contributed by atoms with van der Waals surface area (Å²) in [7, 11) is 0. The summed E-state index contributed by atoms with van der Waals surface area (Å²) >= 11 is 9.21. The minimum atomic E-state index is -1.15. The van der Waals surface area contributed by atoms with Crippen molar-refractivity contribution in [3.8, 4) is 0 Å². The summed E-state index contributed by atoms with van der Waals surface area (Å²) in [5.74, 6) is -0.720. The molecule has 2 aromatic rings. The number of anilines is 2. The number of aromatic carboxylic acids is 1. The molecule has 0 aliphatic carbocycles. The average molecular weight is 342 g/mol. The van der Waals surface area contributed by atoms with E-state index < -0.39 is 5.97 Å². The van der Waals surface area contributed by atoms with Crippen LogP contribution in [0.5, 0.6) is 0 Å². The van der Waals surface area contributed by atoms with Gasteiger partial charge in [-0.3, -0.25) is 0 Å². The quantitative estimate of drug-likeness (QED) is 0.876. The molecule has 1 heterocycles. The molecule has 0 unspecified atom stereocenters. The Hall–Kier alpha value is -1.59. The number of hydrogen-bond donors (Lipinski definition) is 2. The number of carboxylic acid groups (broad SMARTS) is 1. The molecule has 0 aliphatic heterocycles. The summed E-state index contributed by atoms with van der Waals surface area (Å²) in [5.41, 5.74) is 1.69. The van der Waals surface area contributed by atoms with Gasteiger partial charge in [0.2, 0.25) is 0 Å². The molecule has 6 heteroatoms. The summed E-state index contributed by atoms with van der Waals surface area (Å²) < 4.78 is 0.963. The van der Waals surface area contributed by atoms with Crippen molar-refractivity contribution < 1.29 is 9.90 Å². The largest absolute Gasteiger partial charge is 0.476 e. The fourth-order valence-corrected chi connectivity index (χ4v) is 2.09. The van der Waals surface area contributed by atoms with E-state index in [1.165, 1.54) is 6.07 Å². The standard InChI is InChI=1S/C13H10BrClN2O2/c1-7-8(14)3-2-4-10(7)16-11-6-5-9(15)12(17-11)13(18)19/h2-6H,1H3,(H,16,17)(H,18,19). The fraction of sp³-hybridized carbons (Fsp3) is 0.0769. The highest BCUT2D eigenvalue weighted by atomic mass is 79.9. The van der Waals surface area contributed by atoms with Crippen molar-refractivity contribution in [2.24, 2.45) is 0 Å². The van der Waals surface area contributed by atoms with Gasteiger partial charge >= 0.3 is 5.97 Å². The van der Waals surface area contributed by atoms with E-state index in [-0.39, 0.29) is 10.7 Å². The molecule has 1 aromatic carbocycles.